The lowest BCUT2D eigenvalue weighted by molar-refractivity contribution is -0.142. The molecule has 0 radical (unpaired) electrons. The minimum Gasteiger partial charge on any atom is -0.480 e. The standard InChI is InChI=1S/C23H36N6O6/c1-14(20(31)28-17(23(34)35)9-5-6-12-24)27-22(33)18(13-15-7-3-2-4-8-15)29-21(32)16(25)10-11-19(26)30/h2-4,7-8,14,16-18H,5-6,9-13,24-25H2,1H3,(H2,26,30)(H,27,33)(H,28,31)(H,29,32)(H,34,35). The molecule has 0 aliphatic rings. The smallest absolute Gasteiger partial charge is 0.326 e. The third-order valence-electron chi connectivity index (χ3n) is 5.27. The third-order valence-corrected chi connectivity index (χ3v) is 5.27. The van der Waals surface area contributed by atoms with Gasteiger partial charge < -0.3 is 38.3 Å². The molecule has 4 unspecified atom stereocenters. The average Bonchev–Trinajstić information content (AvgIpc) is 2.81. The van der Waals surface area contributed by atoms with Gasteiger partial charge in [0.1, 0.15) is 18.1 Å². The lowest BCUT2D eigenvalue weighted by Gasteiger charge is -2.23. The maximum atomic E-state index is 13.0. The Labute approximate surface area is 204 Å². The van der Waals surface area contributed by atoms with Gasteiger partial charge in [0.25, 0.3) is 0 Å². The quantitative estimate of drug-likeness (QED) is 0.134. The van der Waals surface area contributed by atoms with Crippen molar-refractivity contribution in [3.8, 4) is 0 Å². The van der Waals surface area contributed by atoms with Gasteiger partial charge in [0.2, 0.25) is 23.6 Å². The number of carboxylic acids is 1. The van der Waals surface area contributed by atoms with E-state index in [-0.39, 0.29) is 25.7 Å². The summed E-state index contributed by atoms with van der Waals surface area (Å²) in [5.41, 5.74) is 17.1. The molecule has 0 bridgehead atoms. The number of primary amides is 1. The number of amides is 4. The molecule has 12 nitrogen and oxygen atoms in total. The molecule has 1 rings (SSSR count). The van der Waals surface area contributed by atoms with Gasteiger partial charge in [-0.1, -0.05) is 30.3 Å². The molecule has 194 valence electrons. The van der Waals surface area contributed by atoms with Crippen LogP contribution in [0.4, 0.5) is 0 Å². The SMILES string of the molecule is CC(NC(=O)C(Cc1ccccc1)NC(=O)C(N)CCC(N)=O)C(=O)NC(CCCCN)C(=O)O. The number of benzene rings is 1. The second-order valence-electron chi connectivity index (χ2n) is 8.28. The number of hydrogen-bond acceptors (Lipinski definition) is 7. The van der Waals surface area contributed by atoms with E-state index in [4.69, 9.17) is 17.2 Å². The van der Waals surface area contributed by atoms with Crippen molar-refractivity contribution in [3.05, 3.63) is 35.9 Å². The first-order valence-corrected chi connectivity index (χ1v) is 11.5. The van der Waals surface area contributed by atoms with Gasteiger partial charge in [0.05, 0.1) is 6.04 Å². The molecule has 0 saturated heterocycles. The van der Waals surface area contributed by atoms with Crippen LogP contribution in [0.2, 0.25) is 0 Å². The Balaban J connectivity index is 2.85. The van der Waals surface area contributed by atoms with Crippen LogP contribution in [0.25, 0.3) is 0 Å². The van der Waals surface area contributed by atoms with Crippen LogP contribution in [-0.2, 0) is 30.4 Å². The van der Waals surface area contributed by atoms with E-state index in [1.54, 1.807) is 30.3 Å². The van der Waals surface area contributed by atoms with Gasteiger partial charge in [-0.25, -0.2) is 4.79 Å². The molecule has 0 heterocycles. The van der Waals surface area contributed by atoms with Crippen LogP contribution in [-0.4, -0.2) is 65.4 Å². The van der Waals surface area contributed by atoms with Crippen molar-refractivity contribution in [2.45, 2.75) is 69.6 Å². The number of hydrogen-bond donors (Lipinski definition) is 7. The summed E-state index contributed by atoms with van der Waals surface area (Å²) in [6.45, 7) is 1.82. The summed E-state index contributed by atoms with van der Waals surface area (Å²) in [7, 11) is 0. The average molecular weight is 493 g/mol. The highest BCUT2D eigenvalue weighted by Gasteiger charge is 2.28. The lowest BCUT2D eigenvalue weighted by Crippen LogP contribution is -2.56. The van der Waals surface area contributed by atoms with E-state index in [0.717, 1.165) is 5.56 Å². The zero-order valence-electron chi connectivity index (χ0n) is 19.9. The highest BCUT2D eigenvalue weighted by Crippen LogP contribution is 2.06. The monoisotopic (exact) mass is 492 g/mol. The van der Waals surface area contributed by atoms with Crippen LogP contribution < -0.4 is 33.2 Å². The first-order chi connectivity index (χ1) is 16.5. The molecule has 0 saturated carbocycles. The molecule has 1 aromatic rings. The van der Waals surface area contributed by atoms with Crippen molar-refractivity contribution in [1.82, 2.24) is 16.0 Å². The van der Waals surface area contributed by atoms with Gasteiger partial charge in [0.15, 0.2) is 0 Å². The van der Waals surface area contributed by atoms with Crippen molar-refractivity contribution in [1.29, 1.82) is 0 Å². The summed E-state index contributed by atoms with van der Waals surface area (Å²) < 4.78 is 0. The van der Waals surface area contributed by atoms with Crippen LogP contribution >= 0.6 is 0 Å². The fourth-order valence-electron chi connectivity index (χ4n) is 3.19. The van der Waals surface area contributed by atoms with Crippen molar-refractivity contribution >= 4 is 29.6 Å². The number of rotatable bonds is 16. The predicted molar refractivity (Wildman–Crippen MR) is 129 cm³/mol. The molecule has 1 aromatic carbocycles. The molecular weight excluding hydrogens is 456 g/mol. The summed E-state index contributed by atoms with van der Waals surface area (Å²) in [6.07, 6.45) is 1.39. The summed E-state index contributed by atoms with van der Waals surface area (Å²) in [5, 5.41) is 16.8. The molecule has 0 fully saturated rings. The summed E-state index contributed by atoms with van der Waals surface area (Å²) in [6, 6.07) is 4.58. The van der Waals surface area contributed by atoms with Gasteiger partial charge in [-0.3, -0.25) is 19.2 Å². The van der Waals surface area contributed by atoms with E-state index >= 15 is 0 Å². The van der Waals surface area contributed by atoms with Crippen LogP contribution in [0.15, 0.2) is 30.3 Å². The lowest BCUT2D eigenvalue weighted by atomic mass is 10.0. The molecule has 4 atom stereocenters. The Morgan fingerprint density at radius 2 is 1.51 bits per heavy atom. The van der Waals surface area contributed by atoms with Crippen LogP contribution in [0.1, 0.15) is 44.6 Å². The zero-order chi connectivity index (χ0) is 26.4. The molecule has 0 aromatic heterocycles. The fourth-order valence-corrected chi connectivity index (χ4v) is 3.19. The molecule has 0 aliphatic carbocycles. The second-order valence-corrected chi connectivity index (χ2v) is 8.28. The highest BCUT2D eigenvalue weighted by atomic mass is 16.4. The predicted octanol–water partition coefficient (Wildman–Crippen LogP) is -1.49. The van der Waals surface area contributed by atoms with Crippen molar-refractivity contribution < 1.29 is 29.1 Å². The Hall–Kier alpha value is -3.51. The minimum atomic E-state index is -1.19. The fraction of sp³-hybridized carbons (Fsp3) is 0.522. The number of nitrogens with one attached hydrogen (secondary N) is 3. The number of carbonyl (C=O) groups is 5. The maximum absolute atomic E-state index is 13.0. The van der Waals surface area contributed by atoms with Crippen LogP contribution in [0, 0.1) is 0 Å². The van der Waals surface area contributed by atoms with Gasteiger partial charge in [-0.2, -0.15) is 0 Å². The van der Waals surface area contributed by atoms with Gasteiger partial charge >= 0.3 is 5.97 Å². The molecule has 4 amide bonds. The van der Waals surface area contributed by atoms with E-state index in [1.807, 2.05) is 0 Å². The zero-order valence-corrected chi connectivity index (χ0v) is 19.9. The van der Waals surface area contributed by atoms with Gasteiger partial charge in [0, 0.05) is 12.8 Å². The molecule has 0 aliphatic heterocycles. The Morgan fingerprint density at radius 1 is 0.886 bits per heavy atom. The highest BCUT2D eigenvalue weighted by molar-refractivity contribution is 5.94. The number of nitrogens with two attached hydrogens (primary N) is 3. The first-order valence-electron chi connectivity index (χ1n) is 11.5. The van der Waals surface area contributed by atoms with Crippen molar-refractivity contribution in [2.24, 2.45) is 17.2 Å². The first kappa shape index (κ1) is 29.5. The van der Waals surface area contributed by atoms with Crippen LogP contribution in [0.3, 0.4) is 0 Å². The van der Waals surface area contributed by atoms with E-state index in [0.29, 0.717) is 19.4 Å². The third kappa shape index (κ3) is 11.5. The van der Waals surface area contributed by atoms with Gasteiger partial charge in [-0.05, 0) is 44.7 Å². The Kier molecular flexibility index (Phi) is 13.0. The topological polar surface area (TPSA) is 220 Å². The number of carboxylic acid groups (broad SMARTS) is 1. The summed E-state index contributed by atoms with van der Waals surface area (Å²) >= 11 is 0. The maximum Gasteiger partial charge on any atom is 0.326 e. The van der Waals surface area contributed by atoms with Crippen molar-refractivity contribution in [3.63, 3.8) is 0 Å². The Bertz CT molecular complexity index is 865. The largest absolute Gasteiger partial charge is 0.480 e. The number of aliphatic carboxylic acids is 1. The minimum absolute atomic E-state index is 0.0143. The van der Waals surface area contributed by atoms with Crippen LogP contribution in [0.5, 0.6) is 0 Å². The normalized spacial score (nSPS) is 14.1. The molecule has 10 N–H and O–H groups in total. The summed E-state index contributed by atoms with van der Waals surface area (Å²) in [4.78, 5) is 60.4. The molecule has 12 heteroatoms. The number of carbonyl (C=O) groups excluding carboxylic acids is 4. The second kappa shape index (κ2) is 15.4. The van der Waals surface area contributed by atoms with Crippen molar-refractivity contribution in [2.75, 3.05) is 6.54 Å². The molecule has 0 spiro atoms. The van der Waals surface area contributed by atoms with E-state index in [1.165, 1.54) is 6.92 Å². The molecular formula is C23H36N6O6. The summed E-state index contributed by atoms with van der Waals surface area (Å²) in [5.74, 6) is -3.77. The van der Waals surface area contributed by atoms with E-state index in [9.17, 15) is 29.1 Å². The van der Waals surface area contributed by atoms with E-state index in [2.05, 4.69) is 16.0 Å². The van der Waals surface area contributed by atoms with Gasteiger partial charge in [-0.15, -0.1) is 0 Å². The number of unbranched alkanes of at least 4 members (excludes halogenated alkanes) is 1. The Morgan fingerprint density at radius 3 is 2.09 bits per heavy atom. The van der Waals surface area contributed by atoms with E-state index < -0.39 is 53.8 Å². The molecule has 35 heavy (non-hydrogen) atoms.